The first kappa shape index (κ1) is 27.6. The van der Waals surface area contributed by atoms with E-state index in [1.165, 1.54) is 25.2 Å². The van der Waals surface area contributed by atoms with Gasteiger partial charge >= 0.3 is 0 Å². The van der Waals surface area contributed by atoms with Gasteiger partial charge in [-0.3, -0.25) is 14.5 Å². The molecule has 2 aliphatic heterocycles. The van der Waals surface area contributed by atoms with Crippen LogP contribution in [0.2, 0.25) is 0 Å². The molecule has 42 heavy (non-hydrogen) atoms. The number of methoxy groups -OCH3 is 1. The van der Waals surface area contributed by atoms with E-state index in [1.807, 2.05) is 42.5 Å². The van der Waals surface area contributed by atoms with Crippen molar-refractivity contribution in [2.45, 2.75) is 31.3 Å². The first-order chi connectivity index (χ1) is 20.6. The first-order valence-corrected chi connectivity index (χ1v) is 14.3. The predicted molar refractivity (Wildman–Crippen MR) is 164 cm³/mol. The van der Waals surface area contributed by atoms with Crippen molar-refractivity contribution in [3.63, 3.8) is 0 Å². The third kappa shape index (κ3) is 5.88. The summed E-state index contributed by atoms with van der Waals surface area (Å²) in [5, 5.41) is 8.16. The summed E-state index contributed by atoms with van der Waals surface area (Å²) in [6.07, 6.45) is 11.8. The fourth-order valence-corrected chi connectivity index (χ4v) is 5.66. The zero-order valence-corrected chi connectivity index (χ0v) is 23.8. The normalized spacial score (nSPS) is 18.8. The number of amides is 1. The summed E-state index contributed by atoms with van der Waals surface area (Å²) in [5.74, 6) is 4.23. The summed E-state index contributed by atoms with van der Waals surface area (Å²) >= 11 is 0. The summed E-state index contributed by atoms with van der Waals surface area (Å²) < 4.78 is 5.80. The molecule has 0 spiro atoms. The van der Waals surface area contributed by atoms with Crippen LogP contribution >= 0.6 is 0 Å². The molecule has 216 valence electrons. The van der Waals surface area contributed by atoms with E-state index >= 15 is 0 Å². The second-order valence-corrected chi connectivity index (χ2v) is 10.6. The Balaban J connectivity index is 1.26. The summed E-state index contributed by atoms with van der Waals surface area (Å²) in [4.78, 5) is 32.2. The largest absolute Gasteiger partial charge is 0.494 e. The molecular weight excluding hydrogens is 530 g/mol. The van der Waals surface area contributed by atoms with Crippen LogP contribution in [0.1, 0.15) is 36.4 Å². The predicted octanol–water partition coefficient (Wildman–Crippen LogP) is 4.50. The number of ether oxygens (including phenoxy) is 1. The number of rotatable bonds is 9. The quantitative estimate of drug-likeness (QED) is 0.287. The molecule has 3 fully saturated rings. The summed E-state index contributed by atoms with van der Waals surface area (Å²) in [5.41, 5.74) is 4.13. The van der Waals surface area contributed by atoms with E-state index in [0.717, 1.165) is 55.5 Å². The second kappa shape index (κ2) is 12.1. The molecule has 1 aromatic heterocycles. The smallest absolute Gasteiger partial charge is 0.247 e. The summed E-state index contributed by atoms with van der Waals surface area (Å²) in [6, 6.07) is 14.3. The molecule has 0 bridgehead atoms. The Morgan fingerprint density at radius 2 is 1.95 bits per heavy atom. The molecule has 3 heterocycles. The van der Waals surface area contributed by atoms with E-state index in [0.29, 0.717) is 35.4 Å². The SMILES string of the molecule is C#Cc1cccc([C@H]2CCON2c2cc(Nc3cc(NC(=O)C=C)c(N4CCN(C5CC5)CC4)cc3OC)ncn2)c1. The second-order valence-electron chi connectivity index (χ2n) is 10.6. The van der Waals surface area contributed by atoms with Gasteiger partial charge in [0.25, 0.3) is 0 Å². The average Bonchev–Trinajstić information content (AvgIpc) is 3.77. The molecule has 6 rings (SSSR count). The van der Waals surface area contributed by atoms with Crippen LogP contribution in [0.15, 0.2) is 61.4 Å². The maximum absolute atomic E-state index is 12.4. The van der Waals surface area contributed by atoms with Crippen LogP contribution in [-0.4, -0.2) is 66.7 Å². The van der Waals surface area contributed by atoms with E-state index < -0.39 is 0 Å². The number of piperazine rings is 1. The number of benzene rings is 2. The number of anilines is 5. The van der Waals surface area contributed by atoms with Crippen LogP contribution in [0.3, 0.4) is 0 Å². The number of aromatic nitrogens is 2. The number of nitrogens with zero attached hydrogens (tertiary/aromatic N) is 5. The van der Waals surface area contributed by atoms with Crippen LogP contribution in [0.4, 0.5) is 28.7 Å². The highest BCUT2D eigenvalue weighted by Gasteiger charge is 2.32. The minimum Gasteiger partial charge on any atom is -0.494 e. The number of carbonyl (C=O) groups excluding carboxylic acids is 1. The molecule has 1 amide bonds. The monoisotopic (exact) mass is 565 g/mol. The third-order valence-electron chi connectivity index (χ3n) is 7.96. The Bertz CT molecular complexity index is 1510. The van der Waals surface area contributed by atoms with Crippen molar-refractivity contribution >= 4 is 34.6 Å². The maximum Gasteiger partial charge on any atom is 0.247 e. The van der Waals surface area contributed by atoms with Crippen LogP contribution < -0.4 is 25.3 Å². The van der Waals surface area contributed by atoms with Crippen molar-refractivity contribution in [3.05, 3.63) is 72.6 Å². The lowest BCUT2D eigenvalue weighted by atomic mass is 10.0. The summed E-state index contributed by atoms with van der Waals surface area (Å²) in [6.45, 7) is 7.94. The van der Waals surface area contributed by atoms with Crippen LogP contribution in [-0.2, 0) is 9.63 Å². The lowest BCUT2D eigenvalue weighted by molar-refractivity contribution is -0.111. The van der Waals surface area contributed by atoms with Crippen LogP contribution in [0, 0.1) is 12.3 Å². The Kier molecular flexibility index (Phi) is 7.95. The Morgan fingerprint density at radius 1 is 1.12 bits per heavy atom. The molecule has 3 aromatic rings. The summed E-state index contributed by atoms with van der Waals surface area (Å²) in [7, 11) is 1.63. The molecule has 1 saturated carbocycles. The maximum atomic E-state index is 12.4. The molecule has 1 aliphatic carbocycles. The van der Waals surface area contributed by atoms with E-state index in [9.17, 15) is 4.79 Å². The third-order valence-corrected chi connectivity index (χ3v) is 7.96. The molecule has 0 radical (unpaired) electrons. The van der Waals surface area contributed by atoms with E-state index in [-0.39, 0.29) is 11.9 Å². The minimum absolute atomic E-state index is 0.0315. The molecule has 10 heteroatoms. The number of hydrogen-bond acceptors (Lipinski definition) is 9. The van der Waals surface area contributed by atoms with Crippen molar-refractivity contribution in [1.82, 2.24) is 14.9 Å². The molecular formula is C32H35N7O3. The first-order valence-electron chi connectivity index (χ1n) is 14.3. The van der Waals surface area contributed by atoms with Crippen molar-refractivity contribution < 1.29 is 14.4 Å². The molecule has 3 aliphatic rings. The van der Waals surface area contributed by atoms with Gasteiger partial charge in [-0.05, 0) is 42.7 Å². The van der Waals surface area contributed by atoms with Crippen molar-refractivity contribution in [2.75, 3.05) is 60.5 Å². The van der Waals surface area contributed by atoms with E-state index in [2.05, 4.69) is 42.9 Å². The van der Waals surface area contributed by atoms with Gasteiger partial charge in [0, 0.05) is 56.3 Å². The lowest BCUT2D eigenvalue weighted by Gasteiger charge is -2.37. The molecule has 0 unspecified atom stereocenters. The lowest BCUT2D eigenvalue weighted by Crippen LogP contribution is -2.47. The van der Waals surface area contributed by atoms with Gasteiger partial charge in [0.2, 0.25) is 5.91 Å². The van der Waals surface area contributed by atoms with E-state index in [1.54, 1.807) is 12.2 Å². The van der Waals surface area contributed by atoms with Crippen LogP contribution in [0.5, 0.6) is 5.75 Å². The zero-order chi connectivity index (χ0) is 29.1. The average molecular weight is 566 g/mol. The Morgan fingerprint density at radius 3 is 2.69 bits per heavy atom. The minimum atomic E-state index is -0.278. The number of terminal acetylenes is 1. The number of hydroxylamine groups is 1. The van der Waals surface area contributed by atoms with Crippen LogP contribution in [0.25, 0.3) is 0 Å². The Hall–Kier alpha value is -4.59. The van der Waals surface area contributed by atoms with E-state index in [4.69, 9.17) is 16.0 Å². The highest BCUT2D eigenvalue weighted by Crippen LogP contribution is 2.40. The van der Waals surface area contributed by atoms with Crippen molar-refractivity contribution in [3.8, 4) is 18.1 Å². The molecule has 2 aromatic carbocycles. The topological polar surface area (TPSA) is 95.1 Å². The highest BCUT2D eigenvalue weighted by molar-refractivity contribution is 6.02. The van der Waals surface area contributed by atoms with Gasteiger partial charge < -0.3 is 20.3 Å². The van der Waals surface area contributed by atoms with Gasteiger partial charge in [0.15, 0.2) is 5.82 Å². The number of carbonyl (C=O) groups is 1. The van der Waals surface area contributed by atoms with Gasteiger partial charge in [-0.25, -0.2) is 15.0 Å². The molecule has 10 nitrogen and oxygen atoms in total. The zero-order valence-electron chi connectivity index (χ0n) is 23.8. The number of hydrogen-bond donors (Lipinski definition) is 2. The fraction of sp³-hybridized carbons (Fsp3) is 0.344. The number of nitrogens with one attached hydrogen (secondary N) is 2. The molecule has 2 N–H and O–H groups in total. The highest BCUT2D eigenvalue weighted by atomic mass is 16.7. The molecule has 2 saturated heterocycles. The van der Waals surface area contributed by atoms with Gasteiger partial charge in [-0.1, -0.05) is 24.6 Å². The van der Waals surface area contributed by atoms with Crippen molar-refractivity contribution in [2.24, 2.45) is 0 Å². The van der Waals surface area contributed by atoms with Gasteiger partial charge in [-0.15, -0.1) is 6.42 Å². The van der Waals surface area contributed by atoms with Gasteiger partial charge in [0.05, 0.1) is 36.8 Å². The van der Waals surface area contributed by atoms with Gasteiger partial charge in [-0.2, -0.15) is 0 Å². The Labute approximate surface area is 246 Å². The van der Waals surface area contributed by atoms with Crippen molar-refractivity contribution in [1.29, 1.82) is 0 Å². The fourth-order valence-electron chi connectivity index (χ4n) is 5.66. The van der Waals surface area contributed by atoms with Gasteiger partial charge in [0.1, 0.15) is 17.9 Å². The standard InChI is InChI=1S/C32H35N7O3/c1-4-22-7-6-8-23(17-22)27-11-16-42-39(27)31-20-30(33-21-34-31)35-26-18-25(36-32(40)5-2)28(19-29(26)41-3)38-14-12-37(13-15-38)24-9-10-24/h1,5-8,17-21,24,27H,2,9-16H2,3H3,(H,36,40)(H,33,34,35)/t27-/m1/s1. The molecule has 1 atom stereocenters.